The van der Waals surface area contributed by atoms with Crippen molar-refractivity contribution in [3.05, 3.63) is 67.3 Å². The summed E-state index contributed by atoms with van der Waals surface area (Å²) in [5.41, 5.74) is 6.46. The molecular formula is C22H14N8O. The summed E-state index contributed by atoms with van der Waals surface area (Å²) in [7, 11) is 0. The van der Waals surface area contributed by atoms with Crippen molar-refractivity contribution in [1.29, 1.82) is 0 Å². The van der Waals surface area contributed by atoms with Crippen LogP contribution in [0.2, 0.25) is 0 Å². The van der Waals surface area contributed by atoms with Crippen molar-refractivity contribution in [1.82, 2.24) is 40.1 Å². The first-order chi connectivity index (χ1) is 15.3. The SMILES string of the molecule is Oc1cncc(-c2ccc3[nH]nc(-c4nc5nccc(-c6ccccn6)c5[nH]4)c3n2)c1. The van der Waals surface area contributed by atoms with Gasteiger partial charge in [0.05, 0.1) is 28.6 Å². The van der Waals surface area contributed by atoms with E-state index in [0.29, 0.717) is 33.9 Å². The molecule has 0 fully saturated rings. The van der Waals surface area contributed by atoms with Gasteiger partial charge in [-0.05, 0) is 36.4 Å². The Labute approximate surface area is 174 Å². The Morgan fingerprint density at radius 2 is 1.84 bits per heavy atom. The Balaban J connectivity index is 1.51. The number of hydrogen-bond acceptors (Lipinski definition) is 7. The average Bonchev–Trinajstić information content (AvgIpc) is 3.43. The zero-order valence-corrected chi connectivity index (χ0v) is 16.0. The third-order valence-corrected chi connectivity index (χ3v) is 4.98. The minimum atomic E-state index is 0.0808. The Hall–Kier alpha value is -4.66. The molecule has 9 nitrogen and oxygen atoms in total. The lowest BCUT2D eigenvalue weighted by Gasteiger charge is -2.01. The van der Waals surface area contributed by atoms with Gasteiger partial charge in [0.2, 0.25) is 0 Å². The van der Waals surface area contributed by atoms with Crippen LogP contribution >= 0.6 is 0 Å². The number of aromatic nitrogens is 8. The summed E-state index contributed by atoms with van der Waals surface area (Å²) in [6.45, 7) is 0. The molecule has 0 amide bonds. The fourth-order valence-electron chi connectivity index (χ4n) is 3.55. The molecule has 0 unspecified atom stereocenters. The van der Waals surface area contributed by atoms with Crippen molar-refractivity contribution in [3.63, 3.8) is 0 Å². The number of hydrogen-bond donors (Lipinski definition) is 3. The Bertz CT molecular complexity index is 1550. The molecule has 3 N–H and O–H groups in total. The van der Waals surface area contributed by atoms with Gasteiger partial charge in [-0.1, -0.05) is 6.07 Å². The summed E-state index contributed by atoms with van der Waals surface area (Å²) in [5, 5.41) is 17.2. The second-order valence-electron chi connectivity index (χ2n) is 6.95. The van der Waals surface area contributed by atoms with E-state index in [-0.39, 0.29) is 5.75 Å². The van der Waals surface area contributed by atoms with E-state index in [1.807, 2.05) is 36.4 Å². The van der Waals surface area contributed by atoms with E-state index >= 15 is 0 Å². The minimum Gasteiger partial charge on any atom is -0.506 e. The van der Waals surface area contributed by atoms with Crippen LogP contribution in [-0.2, 0) is 0 Å². The maximum atomic E-state index is 9.74. The van der Waals surface area contributed by atoms with Gasteiger partial charge >= 0.3 is 0 Å². The van der Waals surface area contributed by atoms with Crippen molar-refractivity contribution in [2.45, 2.75) is 0 Å². The number of fused-ring (bicyclic) bond motifs is 2. The molecule has 0 aliphatic heterocycles. The molecule has 0 aromatic carbocycles. The molecule has 6 aromatic rings. The van der Waals surface area contributed by atoms with Gasteiger partial charge < -0.3 is 10.1 Å². The van der Waals surface area contributed by atoms with E-state index in [1.165, 1.54) is 6.20 Å². The predicted molar refractivity (Wildman–Crippen MR) is 115 cm³/mol. The van der Waals surface area contributed by atoms with Gasteiger partial charge in [0.1, 0.15) is 11.3 Å². The van der Waals surface area contributed by atoms with Crippen LogP contribution in [0.1, 0.15) is 0 Å². The van der Waals surface area contributed by atoms with Crippen LogP contribution in [0.5, 0.6) is 5.75 Å². The molecule has 0 aliphatic rings. The van der Waals surface area contributed by atoms with Crippen LogP contribution < -0.4 is 0 Å². The van der Waals surface area contributed by atoms with E-state index in [2.05, 4.69) is 35.1 Å². The highest BCUT2D eigenvalue weighted by atomic mass is 16.3. The smallest absolute Gasteiger partial charge is 0.178 e. The monoisotopic (exact) mass is 406 g/mol. The highest BCUT2D eigenvalue weighted by Crippen LogP contribution is 2.30. The summed E-state index contributed by atoms with van der Waals surface area (Å²) in [5.74, 6) is 0.632. The number of aromatic amines is 2. The van der Waals surface area contributed by atoms with Crippen LogP contribution in [0.15, 0.2) is 67.3 Å². The zero-order chi connectivity index (χ0) is 20.8. The first kappa shape index (κ1) is 17.2. The summed E-state index contributed by atoms with van der Waals surface area (Å²) in [6, 6.07) is 13.0. The number of rotatable bonds is 3. The standard InChI is InChI=1S/C22H14N8O/c31-13-9-12(10-23-11-13)15-4-5-17-19(26-15)20(30-29-17)22-27-18-14(6-8-25-21(18)28-22)16-3-1-2-7-24-16/h1-11,31H,(H,29,30)(H,25,27,28). The fourth-order valence-corrected chi connectivity index (χ4v) is 3.55. The largest absolute Gasteiger partial charge is 0.506 e. The van der Waals surface area contributed by atoms with Crippen molar-refractivity contribution in [2.75, 3.05) is 0 Å². The maximum Gasteiger partial charge on any atom is 0.178 e. The molecular weight excluding hydrogens is 392 g/mol. The number of H-pyrrole nitrogens is 2. The van der Waals surface area contributed by atoms with Crippen LogP contribution in [0.4, 0.5) is 0 Å². The van der Waals surface area contributed by atoms with E-state index in [9.17, 15) is 5.11 Å². The molecule has 6 rings (SSSR count). The molecule has 0 aliphatic carbocycles. The van der Waals surface area contributed by atoms with Gasteiger partial charge in [-0.25, -0.2) is 15.0 Å². The van der Waals surface area contributed by atoms with Gasteiger partial charge in [0, 0.05) is 29.7 Å². The molecule has 6 aromatic heterocycles. The van der Waals surface area contributed by atoms with Crippen LogP contribution in [0.3, 0.4) is 0 Å². The number of nitrogens with one attached hydrogen (secondary N) is 2. The molecule has 148 valence electrons. The number of nitrogens with zero attached hydrogens (tertiary/aromatic N) is 6. The maximum absolute atomic E-state index is 9.74. The molecule has 0 radical (unpaired) electrons. The summed E-state index contributed by atoms with van der Waals surface area (Å²) < 4.78 is 0. The van der Waals surface area contributed by atoms with Gasteiger partial charge in [0.25, 0.3) is 0 Å². The quantitative estimate of drug-likeness (QED) is 0.408. The average molecular weight is 406 g/mol. The predicted octanol–water partition coefficient (Wildman–Crippen LogP) is 3.73. The van der Waals surface area contributed by atoms with Gasteiger partial charge in [-0.3, -0.25) is 15.1 Å². The molecule has 0 atom stereocenters. The molecule has 9 heteroatoms. The van der Waals surface area contributed by atoms with E-state index < -0.39 is 0 Å². The molecule has 0 saturated carbocycles. The van der Waals surface area contributed by atoms with Crippen molar-refractivity contribution >= 4 is 22.2 Å². The Morgan fingerprint density at radius 1 is 0.871 bits per heavy atom. The number of imidazole rings is 1. The van der Waals surface area contributed by atoms with Gasteiger partial charge in [-0.2, -0.15) is 5.10 Å². The Kier molecular flexibility index (Phi) is 3.72. The Morgan fingerprint density at radius 3 is 2.71 bits per heavy atom. The molecule has 0 spiro atoms. The van der Waals surface area contributed by atoms with Crippen LogP contribution in [0.25, 0.3) is 56.2 Å². The number of pyridine rings is 4. The third-order valence-electron chi connectivity index (χ3n) is 4.98. The fraction of sp³-hybridized carbons (Fsp3) is 0. The molecule has 6 heterocycles. The first-order valence-electron chi connectivity index (χ1n) is 9.52. The lowest BCUT2D eigenvalue weighted by Crippen LogP contribution is -1.88. The highest BCUT2D eigenvalue weighted by molar-refractivity contribution is 5.94. The topological polar surface area (TPSA) is 129 Å². The third kappa shape index (κ3) is 2.87. The van der Waals surface area contributed by atoms with E-state index in [4.69, 9.17) is 4.98 Å². The summed E-state index contributed by atoms with van der Waals surface area (Å²) in [6.07, 6.45) is 6.50. The van der Waals surface area contributed by atoms with Crippen molar-refractivity contribution in [3.8, 4) is 39.8 Å². The van der Waals surface area contributed by atoms with Crippen molar-refractivity contribution < 1.29 is 5.11 Å². The van der Waals surface area contributed by atoms with Crippen molar-refractivity contribution in [2.24, 2.45) is 0 Å². The number of aromatic hydroxyl groups is 1. The second-order valence-corrected chi connectivity index (χ2v) is 6.95. The van der Waals surface area contributed by atoms with Gasteiger partial charge in [0.15, 0.2) is 17.2 Å². The normalized spacial score (nSPS) is 11.4. The zero-order valence-electron chi connectivity index (χ0n) is 16.0. The lowest BCUT2D eigenvalue weighted by atomic mass is 10.1. The lowest BCUT2D eigenvalue weighted by molar-refractivity contribution is 0.473. The van der Waals surface area contributed by atoms with Crippen LogP contribution in [-0.4, -0.2) is 45.2 Å². The van der Waals surface area contributed by atoms with E-state index in [0.717, 1.165) is 22.3 Å². The molecule has 31 heavy (non-hydrogen) atoms. The van der Waals surface area contributed by atoms with E-state index in [1.54, 1.807) is 24.7 Å². The second kappa shape index (κ2) is 6.70. The highest BCUT2D eigenvalue weighted by Gasteiger charge is 2.17. The minimum absolute atomic E-state index is 0.0808. The summed E-state index contributed by atoms with van der Waals surface area (Å²) >= 11 is 0. The molecule has 0 bridgehead atoms. The molecule has 0 saturated heterocycles. The van der Waals surface area contributed by atoms with Gasteiger partial charge in [-0.15, -0.1) is 0 Å². The van der Waals surface area contributed by atoms with Crippen LogP contribution in [0, 0.1) is 0 Å². The summed E-state index contributed by atoms with van der Waals surface area (Å²) in [4.78, 5) is 25.6. The first-order valence-corrected chi connectivity index (χ1v) is 9.52.